The number of fused-ring (bicyclic) bond motifs is 1. The molecule has 2 unspecified atom stereocenters. The first-order chi connectivity index (χ1) is 8.31. The number of nitrogens with one attached hydrogen (secondary N) is 1. The Morgan fingerprint density at radius 3 is 3.12 bits per heavy atom. The van der Waals surface area contributed by atoms with Gasteiger partial charge in [-0.15, -0.1) is 6.42 Å². The third-order valence-corrected chi connectivity index (χ3v) is 3.58. The second-order valence-electron chi connectivity index (χ2n) is 4.71. The third kappa shape index (κ3) is 3.21. The van der Waals surface area contributed by atoms with Gasteiger partial charge in [0.05, 0.1) is 25.8 Å². The fourth-order valence-electron chi connectivity index (χ4n) is 2.76. The largest absolute Gasteiger partial charge is 0.375 e. The number of nitrogens with zero attached hydrogens (tertiary/aromatic N) is 1. The molecule has 1 heterocycles. The molecule has 1 aliphatic carbocycles. The molecule has 0 bridgehead atoms. The van der Waals surface area contributed by atoms with E-state index in [1.807, 2.05) is 0 Å². The molecule has 4 nitrogen and oxygen atoms in total. The minimum Gasteiger partial charge on any atom is -0.375 e. The normalized spacial score (nSPS) is 29.1. The Balaban J connectivity index is 1.86. The number of hydrogen-bond acceptors (Lipinski definition) is 3. The zero-order chi connectivity index (χ0) is 12.1. The number of carbonyl (C=O) groups excluding carboxylic acids is 1. The first-order valence-corrected chi connectivity index (χ1v) is 6.37. The van der Waals surface area contributed by atoms with E-state index in [0.29, 0.717) is 25.2 Å². The summed E-state index contributed by atoms with van der Waals surface area (Å²) in [7, 11) is 0. The van der Waals surface area contributed by atoms with E-state index >= 15 is 0 Å². The molecule has 0 radical (unpaired) electrons. The molecule has 1 saturated carbocycles. The third-order valence-electron chi connectivity index (χ3n) is 3.58. The van der Waals surface area contributed by atoms with E-state index < -0.39 is 0 Å². The zero-order valence-corrected chi connectivity index (χ0v) is 10.2. The molecule has 2 rings (SSSR count). The van der Waals surface area contributed by atoms with Crippen LogP contribution in [0.1, 0.15) is 25.7 Å². The lowest BCUT2D eigenvalue weighted by Gasteiger charge is -2.43. The fraction of sp³-hybridized carbons (Fsp3) is 0.769. The lowest BCUT2D eigenvalue weighted by Crippen LogP contribution is -2.55. The molecule has 94 valence electrons. The molecule has 1 aliphatic heterocycles. The van der Waals surface area contributed by atoms with E-state index in [1.54, 1.807) is 0 Å². The van der Waals surface area contributed by atoms with Crippen LogP contribution >= 0.6 is 0 Å². The number of amides is 1. The summed E-state index contributed by atoms with van der Waals surface area (Å²) in [5.41, 5.74) is 0. The van der Waals surface area contributed by atoms with Gasteiger partial charge in [-0.1, -0.05) is 18.8 Å². The fourth-order valence-corrected chi connectivity index (χ4v) is 2.76. The highest BCUT2D eigenvalue weighted by Crippen LogP contribution is 2.27. The summed E-state index contributed by atoms with van der Waals surface area (Å²) in [4.78, 5) is 13.9. The van der Waals surface area contributed by atoms with Crippen molar-refractivity contribution in [1.82, 2.24) is 10.2 Å². The van der Waals surface area contributed by atoms with Gasteiger partial charge in [0.1, 0.15) is 0 Å². The van der Waals surface area contributed by atoms with Gasteiger partial charge in [0.2, 0.25) is 5.91 Å². The molecule has 1 amide bonds. The van der Waals surface area contributed by atoms with Crippen LogP contribution in [0.25, 0.3) is 0 Å². The highest BCUT2D eigenvalue weighted by atomic mass is 16.5. The highest BCUT2D eigenvalue weighted by Gasteiger charge is 2.34. The Kier molecular flexibility index (Phi) is 4.41. The van der Waals surface area contributed by atoms with Crippen molar-refractivity contribution in [2.75, 3.05) is 26.2 Å². The molecule has 0 aromatic heterocycles. The smallest absolute Gasteiger partial charge is 0.234 e. The predicted octanol–water partition coefficient (Wildman–Crippen LogP) is 0.379. The highest BCUT2D eigenvalue weighted by molar-refractivity contribution is 5.78. The number of morpholine rings is 1. The zero-order valence-electron chi connectivity index (χ0n) is 10.2. The monoisotopic (exact) mass is 236 g/mol. The van der Waals surface area contributed by atoms with Crippen LogP contribution in [-0.2, 0) is 9.53 Å². The maximum absolute atomic E-state index is 11.7. The predicted molar refractivity (Wildman–Crippen MR) is 65.4 cm³/mol. The molecule has 17 heavy (non-hydrogen) atoms. The van der Waals surface area contributed by atoms with Crippen molar-refractivity contribution in [3.63, 3.8) is 0 Å². The first kappa shape index (κ1) is 12.4. The van der Waals surface area contributed by atoms with E-state index in [9.17, 15) is 4.79 Å². The number of terminal acetylenes is 1. The number of rotatable bonds is 3. The molecule has 2 fully saturated rings. The second-order valence-corrected chi connectivity index (χ2v) is 4.71. The maximum atomic E-state index is 11.7. The molecule has 2 atom stereocenters. The van der Waals surface area contributed by atoms with Gasteiger partial charge in [-0.3, -0.25) is 9.69 Å². The molecular weight excluding hydrogens is 216 g/mol. The van der Waals surface area contributed by atoms with Gasteiger partial charge in [-0.25, -0.2) is 0 Å². The number of ether oxygens (including phenoxy) is 1. The van der Waals surface area contributed by atoms with E-state index in [1.165, 1.54) is 12.8 Å². The van der Waals surface area contributed by atoms with Gasteiger partial charge in [0.25, 0.3) is 0 Å². The van der Waals surface area contributed by atoms with Gasteiger partial charge in [-0.2, -0.15) is 0 Å². The molecule has 4 heteroatoms. The Morgan fingerprint density at radius 1 is 1.47 bits per heavy atom. The van der Waals surface area contributed by atoms with Crippen LogP contribution in [0.15, 0.2) is 0 Å². The van der Waals surface area contributed by atoms with E-state index in [4.69, 9.17) is 11.2 Å². The van der Waals surface area contributed by atoms with Gasteiger partial charge >= 0.3 is 0 Å². The quantitative estimate of drug-likeness (QED) is 0.720. The summed E-state index contributed by atoms with van der Waals surface area (Å²) >= 11 is 0. The summed E-state index contributed by atoms with van der Waals surface area (Å²) in [6.07, 6.45) is 10.2. The maximum Gasteiger partial charge on any atom is 0.234 e. The van der Waals surface area contributed by atoms with Crippen molar-refractivity contribution in [1.29, 1.82) is 0 Å². The summed E-state index contributed by atoms with van der Waals surface area (Å²) in [6.45, 7) is 2.36. The first-order valence-electron chi connectivity index (χ1n) is 6.37. The minimum atomic E-state index is 0.0224. The standard InChI is InChI=1S/C13H20N2O2/c1-2-7-14-13(16)10-15-8-9-17-12-6-4-3-5-11(12)15/h1,11-12H,3-10H2,(H,14,16). The SMILES string of the molecule is C#CCNC(=O)CN1CCOC2CCCCC21. The van der Waals surface area contributed by atoms with Crippen molar-refractivity contribution in [3.8, 4) is 12.3 Å². The van der Waals surface area contributed by atoms with Crippen LogP contribution in [0.4, 0.5) is 0 Å². The van der Waals surface area contributed by atoms with Gasteiger partial charge in [-0.05, 0) is 12.8 Å². The lowest BCUT2D eigenvalue weighted by atomic mass is 9.90. The topological polar surface area (TPSA) is 41.6 Å². The molecule has 1 saturated heterocycles. The average Bonchev–Trinajstić information content (AvgIpc) is 2.37. The van der Waals surface area contributed by atoms with Crippen LogP contribution in [0.5, 0.6) is 0 Å². The second kappa shape index (κ2) is 6.04. The summed E-state index contributed by atoms with van der Waals surface area (Å²) < 4.78 is 5.77. The van der Waals surface area contributed by atoms with Crippen molar-refractivity contribution < 1.29 is 9.53 Å². The molecule has 0 aromatic carbocycles. The lowest BCUT2D eigenvalue weighted by molar-refractivity contribution is -0.129. The van der Waals surface area contributed by atoms with Crippen molar-refractivity contribution in [2.45, 2.75) is 37.8 Å². The van der Waals surface area contributed by atoms with Crippen LogP contribution in [-0.4, -0.2) is 49.2 Å². The van der Waals surface area contributed by atoms with Crippen molar-refractivity contribution in [3.05, 3.63) is 0 Å². The van der Waals surface area contributed by atoms with E-state index in [2.05, 4.69) is 16.1 Å². The summed E-state index contributed by atoms with van der Waals surface area (Å²) in [5.74, 6) is 2.44. The molecule has 0 spiro atoms. The van der Waals surface area contributed by atoms with Crippen LogP contribution in [0.2, 0.25) is 0 Å². The molecular formula is C13H20N2O2. The molecule has 0 aromatic rings. The van der Waals surface area contributed by atoms with Crippen molar-refractivity contribution in [2.24, 2.45) is 0 Å². The van der Waals surface area contributed by atoms with E-state index in [0.717, 1.165) is 26.0 Å². The van der Waals surface area contributed by atoms with Gasteiger partial charge in [0.15, 0.2) is 0 Å². The Morgan fingerprint density at radius 2 is 2.29 bits per heavy atom. The van der Waals surface area contributed by atoms with Gasteiger partial charge < -0.3 is 10.1 Å². The summed E-state index contributed by atoms with van der Waals surface area (Å²) in [5, 5.41) is 2.72. The Bertz CT molecular complexity index is 309. The molecule has 1 N–H and O–H groups in total. The molecule has 2 aliphatic rings. The Hall–Kier alpha value is -1.05. The number of hydrogen-bond donors (Lipinski definition) is 1. The van der Waals surface area contributed by atoms with Gasteiger partial charge in [0, 0.05) is 12.6 Å². The Labute approximate surface area is 103 Å². The van der Waals surface area contributed by atoms with Crippen LogP contribution in [0, 0.1) is 12.3 Å². The average molecular weight is 236 g/mol. The minimum absolute atomic E-state index is 0.0224. The summed E-state index contributed by atoms with van der Waals surface area (Å²) in [6, 6.07) is 0.425. The number of carbonyl (C=O) groups is 1. The van der Waals surface area contributed by atoms with Crippen LogP contribution < -0.4 is 5.32 Å². The van der Waals surface area contributed by atoms with Crippen LogP contribution in [0.3, 0.4) is 0 Å². The van der Waals surface area contributed by atoms with E-state index in [-0.39, 0.29) is 5.91 Å². The van der Waals surface area contributed by atoms with Crippen molar-refractivity contribution >= 4 is 5.91 Å².